The van der Waals surface area contributed by atoms with Gasteiger partial charge in [0.15, 0.2) is 0 Å². The Bertz CT molecular complexity index is 383. The Morgan fingerprint density at radius 1 is 1.25 bits per heavy atom. The Morgan fingerprint density at radius 2 is 1.94 bits per heavy atom. The van der Waals surface area contributed by atoms with Crippen molar-refractivity contribution in [2.24, 2.45) is 5.73 Å². The van der Waals surface area contributed by atoms with Gasteiger partial charge in [-0.2, -0.15) is 13.2 Å². The van der Waals surface area contributed by atoms with E-state index in [1.54, 1.807) is 12.2 Å². The van der Waals surface area contributed by atoms with Crippen LogP contribution in [0.2, 0.25) is 0 Å². The molecule has 0 bridgehead atoms. The molecule has 1 aromatic carbocycles. The third-order valence-electron chi connectivity index (χ3n) is 2.03. The van der Waals surface area contributed by atoms with E-state index in [0.29, 0.717) is 18.5 Å². The summed E-state index contributed by atoms with van der Waals surface area (Å²) in [7, 11) is 0. The smallest absolute Gasteiger partial charge is 0.398 e. The van der Waals surface area contributed by atoms with Gasteiger partial charge in [0.2, 0.25) is 0 Å². The third kappa shape index (κ3) is 3.27. The highest BCUT2D eigenvalue weighted by atomic mass is 19.4. The van der Waals surface area contributed by atoms with Gasteiger partial charge in [-0.1, -0.05) is 18.2 Å². The van der Waals surface area contributed by atoms with E-state index in [0.717, 1.165) is 6.07 Å². The van der Waals surface area contributed by atoms with Gasteiger partial charge in [0.05, 0.1) is 5.56 Å². The summed E-state index contributed by atoms with van der Waals surface area (Å²) in [6, 6.07) is 3.82. The number of hydrogen-bond acceptors (Lipinski definition) is 2. The van der Waals surface area contributed by atoms with E-state index in [4.69, 9.17) is 11.5 Å². The van der Waals surface area contributed by atoms with Crippen molar-refractivity contribution in [3.05, 3.63) is 35.4 Å². The van der Waals surface area contributed by atoms with Crippen molar-refractivity contribution in [2.45, 2.75) is 12.6 Å². The minimum atomic E-state index is -4.41. The summed E-state index contributed by atoms with van der Waals surface area (Å²) in [6.45, 7) is 0.470. The van der Waals surface area contributed by atoms with Crippen LogP contribution in [-0.4, -0.2) is 6.54 Å². The summed E-state index contributed by atoms with van der Waals surface area (Å²) in [6.07, 6.45) is -0.458. The lowest BCUT2D eigenvalue weighted by Crippen LogP contribution is -2.08. The first-order valence-corrected chi connectivity index (χ1v) is 4.78. The second-order valence-electron chi connectivity index (χ2n) is 3.32. The molecule has 0 aliphatic carbocycles. The third-order valence-corrected chi connectivity index (χ3v) is 2.03. The highest BCUT2D eigenvalue weighted by Gasteiger charge is 2.32. The van der Waals surface area contributed by atoms with E-state index in [9.17, 15) is 13.2 Å². The molecule has 0 amide bonds. The predicted molar refractivity (Wildman–Crippen MR) is 58.6 cm³/mol. The van der Waals surface area contributed by atoms with Crippen LogP contribution in [0.4, 0.5) is 18.9 Å². The minimum Gasteiger partial charge on any atom is -0.398 e. The van der Waals surface area contributed by atoms with Gasteiger partial charge < -0.3 is 11.5 Å². The van der Waals surface area contributed by atoms with Crippen LogP contribution in [0, 0.1) is 0 Å². The molecule has 2 nitrogen and oxygen atoms in total. The highest BCUT2D eigenvalue weighted by molar-refractivity contribution is 5.58. The van der Waals surface area contributed by atoms with Crippen LogP contribution in [0.15, 0.2) is 24.3 Å². The molecular weight excluding hydrogens is 217 g/mol. The summed E-state index contributed by atoms with van der Waals surface area (Å²) < 4.78 is 37.5. The van der Waals surface area contributed by atoms with Gasteiger partial charge in [-0.15, -0.1) is 0 Å². The molecule has 0 unspecified atom stereocenters. The lowest BCUT2D eigenvalue weighted by Gasteiger charge is -2.10. The molecule has 0 heterocycles. The molecule has 0 atom stereocenters. The lowest BCUT2D eigenvalue weighted by molar-refractivity contribution is -0.136. The molecule has 4 N–H and O–H groups in total. The minimum absolute atomic E-state index is 0.261. The summed E-state index contributed by atoms with van der Waals surface area (Å²) in [4.78, 5) is 0. The fraction of sp³-hybridized carbons (Fsp3) is 0.273. The summed E-state index contributed by atoms with van der Waals surface area (Å²) in [5.41, 5.74) is 9.93. The number of nitrogen functional groups attached to an aromatic ring is 1. The standard InChI is InChI=1S/C11H13F3N2/c12-11(13,14)9-7-8(3-1-2-6-15)4-5-10(9)16/h1,3-5,7H,2,6,15-16H2. The molecule has 1 aromatic rings. The topological polar surface area (TPSA) is 52.0 Å². The van der Waals surface area contributed by atoms with E-state index in [1.807, 2.05) is 0 Å². The first kappa shape index (κ1) is 12.6. The van der Waals surface area contributed by atoms with Crippen molar-refractivity contribution in [3.63, 3.8) is 0 Å². The van der Waals surface area contributed by atoms with Crippen LogP contribution in [0.5, 0.6) is 0 Å². The molecule has 0 saturated carbocycles. The van der Waals surface area contributed by atoms with Gasteiger partial charge in [0.25, 0.3) is 0 Å². The molecule has 1 rings (SSSR count). The van der Waals surface area contributed by atoms with Crippen LogP contribution >= 0.6 is 0 Å². The number of rotatable bonds is 3. The van der Waals surface area contributed by atoms with E-state index in [-0.39, 0.29) is 5.69 Å². The normalized spacial score (nSPS) is 12.2. The number of anilines is 1. The lowest BCUT2D eigenvalue weighted by atomic mass is 10.1. The molecule has 0 aliphatic rings. The number of halogens is 3. The monoisotopic (exact) mass is 230 g/mol. The Hall–Kier alpha value is -1.49. The van der Waals surface area contributed by atoms with Gasteiger partial charge in [0.1, 0.15) is 0 Å². The van der Waals surface area contributed by atoms with E-state index in [2.05, 4.69) is 0 Å². The SMILES string of the molecule is NCCC=Cc1ccc(N)c(C(F)(F)F)c1. The Balaban J connectivity index is 2.99. The molecule has 0 spiro atoms. The zero-order valence-electron chi connectivity index (χ0n) is 8.59. The van der Waals surface area contributed by atoms with Crippen LogP contribution in [-0.2, 0) is 6.18 Å². The molecular formula is C11H13F3N2. The van der Waals surface area contributed by atoms with Crippen LogP contribution in [0.1, 0.15) is 17.5 Å². The molecule has 5 heteroatoms. The van der Waals surface area contributed by atoms with Gasteiger partial charge in [-0.3, -0.25) is 0 Å². The second kappa shape index (κ2) is 5.03. The van der Waals surface area contributed by atoms with E-state index < -0.39 is 11.7 Å². The molecule has 0 saturated heterocycles. The average molecular weight is 230 g/mol. The average Bonchev–Trinajstić information content (AvgIpc) is 2.19. The van der Waals surface area contributed by atoms with Crippen LogP contribution < -0.4 is 11.5 Å². The number of nitrogens with two attached hydrogens (primary N) is 2. The quantitative estimate of drug-likeness (QED) is 0.784. The first-order valence-electron chi connectivity index (χ1n) is 4.78. The van der Waals surface area contributed by atoms with Gasteiger partial charge in [0, 0.05) is 5.69 Å². The van der Waals surface area contributed by atoms with Crippen molar-refractivity contribution in [2.75, 3.05) is 12.3 Å². The molecule has 16 heavy (non-hydrogen) atoms. The number of alkyl halides is 3. The number of benzene rings is 1. The first-order chi connectivity index (χ1) is 7.45. The van der Waals surface area contributed by atoms with E-state index >= 15 is 0 Å². The Kier molecular flexibility index (Phi) is 3.95. The second-order valence-corrected chi connectivity index (χ2v) is 3.32. The van der Waals surface area contributed by atoms with E-state index in [1.165, 1.54) is 12.1 Å². The number of hydrogen-bond donors (Lipinski definition) is 2. The van der Waals surface area contributed by atoms with Crippen molar-refractivity contribution >= 4 is 11.8 Å². The molecule has 0 fully saturated rings. The van der Waals surface area contributed by atoms with Crippen molar-refractivity contribution < 1.29 is 13.2 Å². The molecule has 0 aromatic heterocycles. The van der Waals surface area contributed by atoms with Gasteiger partial charge in [-0.05, 0) is 30.7 Å². The maximum Gasteiger partial charge on any atom is 0.418 e. The fourth-order valence-electron chi connectivity index (χ4n) is 1.24. The van der Waals surface area contributed by atoms with Crippen LogP contribution in [0.25, 0.3) is 6.08 Å². The fourth-order valence-corrected chi connectivity index (χ4v) is 1.24. The Morgan fingerprint density at radius 3 is 2.50 bits per heavy atom. The van der Waals surface area contributed by atoms with Gasteiger partial charge in [-0.25, -0.2) is 0 Å². The largest absolute Gasteiger partial charge is 0.418 e. The van der Waals surface area contributed by atoms with Crippen molar-refractivity contribution in [3.8, 4) is 0 Å². The summed E-state index contributed by atoms with van der Waals surface area (Å²) in [5.74, 6) is 0. The molecule has 0 aliphatic heterocycles. The summed E-state index contributed by atoms with van der Waals surface area (Å²) in [5, 5.41) is 0. The highest BCUT2D eigenvalue weighted by Crippen LogP contribution is 2.34. The van der Waals surface area contributed by atoms with Crippen molar-refractivity contribution in [1.29, 1.82) is 0 Å². The van der Waals surface area contributed by atoms with Crippen molar-refractivity contribution in [1.82, 2.24) is 0 Å². The maximum absolute atomic E-state index is 12.5. The maximum atomic E-state index is 12.5. The zero-order valence-corrected chi connectivity index (χ0v) is 8.59. The van der Waals surface area contributed by atoms with Gasteiger partial charge >= 0.3 is 6.18 Å². The molecule has 88 valence electrons. The Labute approximate surface area is 91.7 Å². The summed E-state index contributed by atoms with van der Waals surface area (Å²) >= 11 is 0. The molecule has 0 radical (unpaired) electrons. The predicted octanol–water partition coefficient (Wildman–Crippen LogP) is 2.65. The zero-order chi connectivity index (χ0) is 12.2. The van der Waals surface area contributed by atoms with Crippen LogP contribution in [0.3, 0.4) is 0 Å².